The average Bonchev–Trinajstić information content (AvgIpc) is 3.14. The van der Waals surface area contributed by atoms with E-state index in [1.807, 2.05) is 30.3 Å². The largest absolute Gasteiger partial charge is 0.467 e. The third kappa shape index (κ3) is 4.93. The zero-order valence-electron chi connectivity index (χ0n) is 14.0. The Morgan fingerprint density at radius 3 is 2.68 bits per heavy atom. The number of aliphatic hydroxyl groups is 1. The highest BCUT2D eigenvalue weighted by atomic mass is 16.6. The van der Waals surface area contributed by atoms with E-state index in [1.54, 1.807) is 0 Å². The molecule has 2 rings (SSSR count). The van der Waals surface area contributed by atoms with Gasteiger partial charge in [-0.2, -0.15) is 0 Å². The first-order chi connectivity index (χ1) is 12.1. The van der Waals surface area contributed by atoms with Gasteiger partial charge in [-0.25, -0.2) is 9.59 Å². The number of esters is 1. The molecule has 8 heteroatoms. The number of carbonyl (C=O) groups excluding carboxylic acids is 3. The molecule has 25 heavy (non-hydrogen) atoms. The molecule has 0 aromatic heterocycles. The van der Waals surface area contributed by atoms with Crippen LogP contribution in [-0.4, -0.2) is 60.3 Å². The Morgan fingerprint density at radius 1 is 1.32 bits per heavy atom. The number of nitrogens with zero attached hydrogens (tertiary/aromatic N) is 1. The second-order valence-corrected chi connectivity index (χ2v) is 5.66. The van der Waals surface area contributed by atoms with Gasteiger partial charge in [0.15, 0.2) is 6.04 Å². The number of ether oxygens (including phenoxy) is 2. The van der Waals surface area contributed by atoms with Gasteiger partial charge in [0.25, 0.3) is 0 Å². The summed E-state index contributed by atoms with van der Waals surface area (Å²) in [6.07, 6.45) is 0.534. The van der Waals surface area contributed by atoms with Crippen LogP contribution in [0.3, 0.4) is 0 Å². The van der Waals surface area contributed by atoms with Gasteiger partial charge in [-0.15, -0.1) is 0 Å². The van der Waals surface area contributed by atoms with E-state index in [-0.39, 0.29) is 6.61 Å². The van der Waals surface area contributed by atoms with Crippen LogP contribution in [0.15, 0.2) is 30.3 Å². The molecule has 1 aromatic rings. The number of amides is 2. The third-order valence-corrected chi connectivity index (χ3v) is 3.98. The second-order valence-electron chi connectivity index (χ2n) is 5.66. The maximum atomic E-state index is 12.3. The third-order valence-electron chi connectivity index (χ3n) is 3.98. The van der Waals surface area contributed by atoms with Crippen LogP contribution < -0.4 is 5.32 Å². The van der Waals surface area contributed by atoms with Gasteiger partial charge in [-0.1, -0.05) is 30.3 Å². The fourth-order valence-electron chi connectivity index (χ4n) is 2.65. The molecular weight excluding hydrogens is 328 g/mol. The Balaban J connectivity index is 1.93. The minimum atomic E-state index is -1.15. The maximum absolute atomic E-state index is 12.3. The highest BCUT2D eigenvalue weighted by Gasteiger charge is 2.36. The summed E-state index contributed by atoms with van der Waals surface area (Å²) in [5.41, 5.74) is 0.849. The first-order valence-corrected chi connectivity index (χ1v) is 8.03. The predicted octanol–water partition coefficient (Wildman–Crippen LogP) is 0.438. The topological polar surface area (TPSA) is 105 Å². The van der Waals surface area contributed by atoms with E-state index in [0.717, 1.165) is 5.56 Å². The van der Waals surface area contributed by atoms with Gasteiger partial charge in [0, 0.05) is 6.54 Å². The zero-order chi connectivity index (χ0) is 18.2. The smallest absolute Gasteiger partial charge is 0.410 e. The molecule has 8 nitrogen and oxygen atoms in total. The summed E-state index contributed by atoms with van der Waals surface area (Å²) in [6, 6.07) is 7.34. The van der Waals surface area contributed by atoms with Crippen LogP contribution >= 0.6 is 0 Å². The van der Waals surface area contributed by atoms with Crippen molar-refractivity contribution in [2.24, 2.45) is 0 Å². The van der Waals surface area contributed by atoms with E-state index in [0.29, 0.717) is 19.4 Å². The number of nitrogens with one attached hydrogen (secondary N) is 1. The van der Waals surface area contributed by atoms with Crippen molar-refractivity contribution in [2.75, 3.05) is 20.3 Å². The summed E-state index contributed by atoms with van der Waals surface area (Å²) < 4.78 is 9.77. The van der Waals surface area contributed by atoms with Gasteiger partial charge in [0.05, 0.1) is 13.7 Å². The fourth-order valence-corrected chi connectivity index (χ4v) is 2.65. The van der Waals surface area contributed by atoms with Crippen LogP contribution in [0, 0.1) is 0 Å². The number of likely N-dealkylation sites (tertiary alicyclic amines) is 1. The Bertz CT molecular complexity index is 606. The van der Waals surface area contributed by atoms with Crippen molar-refractivity contribution in [3.8, 4) is 0 Å². The average molecular weight is 350 g/mol. The van der Waals surface area contributed by atoms with E-state index >= 15 is 0 Å². The molecule has 0 bridgehead atoms. The van der Waals surface area contributed by atoms with Gasteiger partial charge in [0.1, 0.15) is 12.6 Å². The molecule has 136 valence electrons. The summed E-state index contributed by atoms with van der Waals surface area (Å²) in [4.78, 5) is 37.4. The fraction of sp³-hybridized carbons (Fsp3) is 0.471. The Kier molecular flexibility index (Phi) is 6.76. The SMILES string of the molecule is COC(=O)C(CO)NC(=O)C1CCCN1C(=O)OCc1ccccc1. The van der Waals surface area contributed by atoms with Crippen molar-refractivity contribution in [1.82, 2.24) is 10.2 Å². The highest BCUT2D eigenvalue weighted by Crippen LogP contribution is 2.19. The van der Waals surface area contributed by atoms with Gasteiger partial charge < -0.3 is 19.9 Å². The lowest BCUT2D eigenvalue weighted by Gasteiger charge is -2.24. The number of methoxy groups -OCH3 is 1. The highest BCUT2D eigenvalue weighted by molar-refractivity contribution is 5.90. The number of hydrogen-bond acceptors (Lipinski definition) is 6. The van der Waals surface area contributed by atoms with Crippen LogP contribution in [0.5, 0.6) is 0 Å². The Hall–Kier alpha value is -2.61. The van der Waals surface area contributed by atoms with E-state index in [4.69, 9.17) is 4.74 Å². The Labute approximate surface area is 145 Å². The van der Waals surface area contributed by atoms with E-state index in [2.05, 4.69) is 10.1 Å². The molecule has 0 spiro atoms. The first kappa shape index (κ1) is 18.7. The van der Waals surface area contributed by atoms with Crippen LogP contribution in [0.1, 0.15) is 18.4 Å². The van der Waals surface area contributed by atoms with Crippen molar-refractivity contribution in [3.05, 3.63) is 35.9 Å². The summed E-state index contributed by atoms with van der Waals surface area (Å²) in [5, 5.41) is 11.6. The molecule has 1 aromatic carbocycles. The van der Waals surface area contributed by atoms with Crippen LogP contribution in [0.25, 0.3) is 0 Å². The normalized spacial score (nSPS) is 17.7. The van der Waals surface area contributed by atoms with Gasteiger partial charge in [-0.05, 0) is 18.4 Å². The molecule has 1 saturated heterocycles. The molecule has 2 N–H and O–H groups in total. The van der Waals surface area contributed by atoms with Crippen molar-refractivity contribution in [3.63, 3.8) is 0 Å². The number of hydrogen-bond donors (Lipinski definition) is 2. The van der Waals surface area contributed by atoms with E-state index < -0.39 is 36.7 Å². The van der Waals surface area contributed by atoms with Crippen LogP contribution in [0.4, 0.5) is 4.79 Å². The molecule has 1 aliphatic heterocycles. The minimum Gasteiger partial charge on any atom is -0.467 e. The second kappa shape index (κ2) is 9.03. The van der Waals surface area contributed by atoms with Crippen molar-refractivity contribution in [2.45, 2.75) is 31.5 Å². The summed E-state index contributed by atoms with van der Waals surface area (Å²) in [6.45, 7) is -0.0662. The molecule has 0 radical (unpaired) electrons. The lowest BCUT2D eigenvalue weighted by atomic mass is 10.2. The van der Waals surface area contributed by atoms with Crippen molar-refractivity contribution in [1.29, 1.82) is 0 Å². The number of aliphatic hydroxyl groups excluding tert-OH is 1. The molecule has 1 fully saturated rings. The van der Waals surface area contributed by atoms with Gasteiger partial charge in [-0.3, -0.25) is 9.69 Å². The van der Waals surface area contributed by atoms with Crippen molar-refractivity contribution < 1.29 is 29.0 Å². The zero-order valence-corrected chi connectivity index (χ0v) is 14.0. The van der Waals surface area contributed by atoms with Crippen LogP contribution in [-0.2, 0) is 25.7 Å². The van der Waals surface area contributed by atoms with E-state index in [9.17, 15) is 19.5 Å². The Morgan fingerprint density at radius 2 is 2.04 bits per heavy atom. The summed E-state index contributed by atoms with van der Waals surface area (Å²) >= 11 is 0. The quantitative estimate of drug-likeness (QED) is 0.721. The minimum absolute atomic E-state index is 0.117. The molecule has 1 heterocycles. The van der Waals surface area contributed by atoms with E-state index in [1.165, 1.54) is 12.0 Å². The maximum Gasteiger partial charge on any atom is 0.410 e. The predicted molar refractivity (Wildman–Crippen MR) is 87.4 cm³/mol. The molecule has 0 aliphatic carbocycles. The standard InChI is InChI=1S/C17H22N2O6/c1-24-16(22)13(10-20)18-15(21)14-8-5-9-19(14)17(23)25-11-12-6-3-2-4-7-12/h2-4,6-7,13-14,20H,5,8-11H2,1H3,(H,18,21). The lowest BCUT2D eigenvalue weighted by Crippen LogP contribution is -2.52. The number of benzene rings is 1. The molecule has 2 amide bonds. The molecule has 2 unspecified atom stereocenters. The van der Waals surface area contributed by atoms with Crippen LogP contribution in [0.2, 0.25) is 0 Å². The van der Waals surface area contributed by atoms with Crippen molar-refractivity contribution >= 4 is 18.0 Å². The summed E-state index contributed by atoms with van der Waals surface area (Å²) in [7, 11) is 1.17. The lowest BCUT2D eigenvalue weighted by molar-refractivity contribution is -0.146. The number of carbonyl (C=O) groups is 3. The number of rotatable bonds is 6. The molecule has 2 atom stereocenters. The first-order valence-electron chi connectivity index (χ1n) is 8.03. The van der Waals surface area contributed by atoms with Gasteiger partial charge in [0.2, 0.25) is 5.91 Å². The molecular formula is C17H22N2O6. The monoisotopic (exact) mass is 350 g/mol. The van der Waals surface area contributed by atoms with Gasteiger partial charge >= 0.3 is 12.1 Å². The summed E-state index contributed by atoms with van der Waals surface area (Å²) in [5.74, 6) is -1.26. The molecule has 0 saturated carbocycles. The molecule has 1 aliphatic rings.